The zero-order chi connectivity index (χ0) is 13.7. The van der Waals surface area contributed by atoms with Crippen LogP contribution in [0.2, 0.25) is 0 Å². The van der Waals surface area contributed by atoms with E-state index < -0.39 is 0 Å². The summed E-state index contributed by atoms with van der Waals surface area (Å²) in [5, 5.41) is 3.53. The summed E-state index contributed by atoms with van der Waals surface area (Å²) in [6.45, 7) is 9.71. The fourth-order valence-corrected chi connectivity index (χ4v) is 2.52. The highest BCUT2D eigenvalue weighted by Crippen LogP contribution is 2.25. The van der Waals surface area contributed by atoms with Gasteiger partial charge in [-0.25, -0.2) is 0 Å². The Labute approximate surface area is 116 Å². The summed E-state index contributed by atoms with van der Waals surface area (Å²) in [5.41, 5.74) is 1.28. The molecular weight excluding hydrogens is 236 g/mol. The Balaban J connectivity index is 1.99. The predicted molar refractivity (Wildman–Crippen MR) is 81.1 cm³/mol. The van der Waals surface area contributed by atoms with E-state index in [0.29, 0.717) is 6.04 Å². The third kappa shape index (κ3) is 3.87. The van der Waals surface area contributed by atoms with Crippen LogP contribution in [-0.4, -0.2) is 31.8 Å². The van der Waals surface area contributed by atoms with Gasteiger partial charge in [-0.15, -0.1) is 0 Å². The number of hydrogen-bond donors (Lipinski definition) is 1. The molecule has 2 atom stereocenters. The van der Waals surface area contributed by atoms with E-state index in [2.05, 4.69) is 49.2 Å². The number of nitrogens with one attached hydrogen (secondary N) is 1. The van der Waals surface area contributed by atoms with Gasteiger partial charge in [0.25, 0.3) is 0 Å². The summed E-state index contributed by atoms with van der Waals surface area (Å²) in [4.78, 5) is 2.44. The lowest BCUT2D eigenvalue weighted by atomic mass is 10.2. The fourth-order valence-electron chi connectivity index (χ4n) is 2.52. The number of nitrogens with zero attached hydrogens (tertiary/aromatic N) is 1. The van der Waals surface area contributed by atoms with E-state index in [1.165, 1.54) is 12.1 Å². The van der Waals surface area contributed by atoms with Crippen molar-refractivity contribution in [3.63, 3.8) is 0 Å². The van der Waals surface area contributed by atoms with Crippen molar-refractivity contribution < 1.29 is 4.74 Å². The average Bonchev–Trinajstić information content (AvgIpc) is 2.88. The lowest BCUT2D eigenvalue weighted by Crippen LogP contribution is -2.32. The molecule has 1 heterocycles. The second-order valence-electron chi connectivity index (χ2n) is 5.32. The second-order valence-corrected chi connectivity index (χ2v) is 5.32. The van der Waals surface area contributed by atoms with Crippen molar-refractivity contribution in [2.75, 3.05) is 24.5 Å². The lowest BCUT2D eigenvalue weighted by molar-refractivity contribution is 0.217. The van der Waals surface area contributed by atoms with Gasteiger partial charge < -0.3 is 15.0 Å². The topological polar surface area (TPSA) is 24.5 Å². The minimum atomic E-state index is 0.281. The molecule has 3 heteroatoms. The van der Waals surface area contributed by atoms with Crippen LogP contribution in [0.1, 0.15) is 33.6 Å². The minimum absolute atomic E-state index is 0.281. The van der Waals surface area contributed by atoms with Crippen molar-refractivity contribution in [1.29, 1.82) is 0 Å². The van der Waals surface area contributed by atoms with Gasteiger partial charge in [0.05, 0.1) is 6.10 Å². The molecule has 0 saturated carbocycles. The molecule has 1 N–H and O–H groups in total. The van der Waals surface area contributed by atoms with E-state index in [4.69, 9.17) is 4.74 Å². The van der Waals surface area contributed by atoms with Gasteiger partial charge in [-0.3, -0.25) is 0 Å². The molecule has 0 aromatic heterocycles. The van der Waals surface area contributed by atoms with Gasteiger partial charge in [-0.1, -0.05) is 19.9 Å². The van der Waals surface area contributed by atoms with Crippen LogP contribution in [0.4, 0.5) is 5.69 Å². The Hall–Kier alpha value is -1.22. The Bertz CT molecular complexity index is 394. The van der Waals surface area contributed by atoms with Crippen molar-refractivity contribution in [3.8, 4) is 5.75 Å². The standard InChI is InChI=1S/C16H26N2O/c1-4-13(3)19-16-8-6-7-15(11-16)18-10-9-14(12-18)17-5-2/h6-8,11,13-14,17H,4-5,9-10,12H2,1-3H3. The Morgan fingerprint density at radius 2 is 2.26 bits per heavy atom. The molecule has 19 heavy (non-hydrogen) atoms. The summed E-state index contributed by atoms with van der Waals surface area (Å²) >= 11 is 0. The number of ether oxygens (including phenoxy) is 1. The SMILES string of the molecule is CCNC1CCN(c2cccc(OC(C)CC)c2)C1. The molecule has 1 fully saturated rings. The van der Waals surface area contributed by atoms with Crippen molar-refractivity contribution in [2.24, 2.45) is 0 Å². The summed E-state index contributed by atoms with van der Waals surface area (Å²) < 4.78 is 5.90. The Morgan fingerprint density at radius 1 is 1.42 bits per heavy atom. The fraction of sp³-hybridized carbons (Fsp3) is 0.625. The Kier molecular flexibility index (Phi) is 5.08. The van der Waals surface area contributed by atoms with E-state index in [-0.39, 0.29) is 6.10 Å². The summed E-state index contributed by atoms with van der Waals surface area (Å²) in [5.74, 6) is 0.985. The zero-order valence-electron chi connectivity index (χ0n) is 12.4. The molecule has 2 unspecified atom stereocenters. The highest BCUT2D eigenvalue weighted by Gasteiger charge is 2.21. The van der Waals surface area contributed by atoms with Gasteiger partial charge in [0.15, 0.2) is 0 Å². The van der Waals surface area contributed by atoms with Crippen molar-refractivity contribution >= 4 is 5.69 Å². The van der Waals surface area contributed by atoms with E-state index in [1.54, 1.807) is 0 Å². The summed E-state index contributed by atoms with van der Waals surface area (Å²) in [6.07, 6.45) is 2.55. The smallest absolute Gasteiger partial charge is 0.121 e. The van der Waals surface area contributed by atoms with Gasteiger partial charge in [-0.2, -0.15) is 0 Å². The molecule has 2 rings (SSSR count). The molecule has 0 spiro atoms. The first-order valence-corrected chi connectivity index (χ1v) is 7.48. The van der Waals surface area contributed by atoms with Crippen molar-refractivity contribution in [2.45, 2.75) is 45.8 Å². The van der Waals surface area contributed by atoms with Crippen LogP contribution in [0.5, 0.6) is 5.75 Å². The van der Waals surface area contributed by atoms with Gasteiger partial charge in [0.2, 0.25) is 0 Å². The minimum Gasteiger partial charge on any atom is -0.491 e. The molecule has 1 saturated heterocycles. The molecule has 106 valence electrons. The van der Waals surface area contributed by atoms with Crippen LogP contribution < -0.4 is 15.0 Å². The van der Waals surface area contributed by atoms with Crippen LogP contribution in [0.3, 0.4) is 0 Å². The van der Waals surface area contributed by atoms with Crippen LogP contribution in [-0.2, 0) is 0 Å². The third-order valence-electron chi connectivity index (χ3n) is 3.78. The van der Waals surface area contributed by atoms with Gasteiger partial charge >= 0.3 is 0 Å². The maximum absolute atomic E-state index is 5.90. The van der Waals surface area contributed by atoms with Crippen LogP contribution in [0, 0.1) is 0 Å². The normalized spacial score (nSPS) is 20.6. The third-order valence-corrected chi connectivity index (χ3v) is 3.78. The lowest BCUT2D eigenvalue weighted by Gasteiger charge is -2.20. The number of rotatable bonds is 6. The average molecular weight is 262 g/mol. The number of anilines is 1. The summed E-state index contributed by atoms with van der Waals surface area (Å²) in [7, 11) is 0. The Morgan fingerprint density at radius 3 is 3.00 bits per heavy atom. The molecule has 0 radical (unpaired) electrons. The van der Waals surface area contributed by atoms with Crippen molar-refractivity contribution in [3.05, 3.63) is 24.3 Å². The zero-order valence-corrected chi connectivity index (χ0v) is 12.4. The first-order valence-electron chi connectivity index (χ1n) is 7.48. The number of hydrogen-bond acceptors (Lipinski definition) is 3. The van der Waals surface area contributed by atoms with E-state index in [9.17, 15) is 0 Å². The molecule has 3 nitrogen and oxygen atoms in total. The molecule has 0 aliphatic carbocycles. The van der Waals surface area contributed by atoms with Crippen molar-refractivity contribution in [1.82, 2.24) is 5.32 Å². The van der Waals surface area contributed by atoms with Crippen LogP contribution in [0.15, 0.2) is 24.3 Å². The monoisotopic (exact) mass is 262 g/mol. The van der Waals surface area contributed by atoms with E-state index in [0.717, 1.165) is 31.8 Å². The van der Waals surface area contributed by atoms with Gasteiger partial charge in [0.1, 0.15) is 5.75 Å². The predicted octanol–water partition coefficient (Wildman–Crippen LogP) is 3.05. The van der Waals surface area contributed by atoms with Gasteiger partial charge in [0, 0.05) is 30.9 Å². The van der Waals surface area contributed by atoms with Crippen LogP contribution >= 0.6 is 0 Å². The maximum atomic E-state index is 5.90. The highest BCUT2D eigenvalue weighted by molar-refractivity contribution is 5.51. The molecule has 1 aliphatic rings. The van der Waals surface area contributed by atoms with Gasteiger partial charge in [-0.05, 0) is 38.4 Å². The largest absolute Gasteiger partial charge is 0.491 e. The molecular formula is C16H26N2O. The molecule has 0 amide bonds. The second kappa shape index (κ2) is 6.80. The highest BCUT2D eigenvalue weighted by atomic mass is 16.5. The van der Waals surface area contributed by atoms with E-state index in [1.807, 2.05) is 6.07 Å². The first kappa shape index (κ1) is 14.2. The molecule has 1 aromatic carbocycles. The number of benzene rings is 1. The quantitative estimate of drug-likeness (QED) is 0.853. The number of likely N-dealkylation sites (N-methyl/N-ethyl adjacent to an activating group) is 1. The summed E-state index contributed by atoms with van der Waals surface area (Å²) in [6, 6.07) is 9.11. The molecule has 1 aliphatic heterocycles. The molecule has 1 aromatic rings. The molecule has 0 bridgehead atoms. The first-order chi connectivity index (χ1) is 9.22. The van der Waals surface area contributed by atoms with Crippen LogP contribution in [0.25, 0.3) is 0 Å². The maximum Gasteiger partial charge on any atom is 0.121 e. The van der Waals surface area contributed by atoms with E-state index >= 15 is 0 Å².